The molecule has 0 aliphatic rings. The van der Waals surface area contributed by atoms with Gasteiger partial charge in [0.05, 0.1) is 23.3 Å². The zero-order valence-corrected chi connectivity index (χ0v) is 18.7. The van der Waals surface area contributed by atoms with Crippen LogP contribution in [0, 0.1) is 22.7 Å². The molecule has 0 amide bonds. The number of hydrogen-bond donors (Lipinski definition) is 0. The van der Waals surface area contributed by atoms with Crippen molar-refractivity contribution < 1.29 is 19.1 Å². The van der Waals surface area contributed by atoms with Gasteiger partial charge in [-0.2, -0.15) is 10.5 Å². The van der Waals surface area contributed by atoms with Gasteiger partial charge in [0.2, 0.25) is 0 Å². The molecule has 0 N–H and O–H groups in total. The van der Waals surface area contributed by atoms with Crippen molar-refractivity contribution in [2.75, 3.05) is 0 Å². The van der Waals surface area contributed by atoms with Gasteiger partial charge in [-0.25, -0.2) is 0 Å². The minimum absolute atomic E-state index is 0.146. The van der Waals surface area contributed by atoms with E-state index in [2.05, 4.69) is 12.1 Å². The van der Waals surface area contributed by atoms with E-state index in [1.807, 2.05) is 48.5 Å². The summed E-state index contributed by atoms with van der Waals surface area (Å²) < 4.78 is 10.7. The molecule has 0 spiro atoms. The summed E-state index contributed by atoms with van der Waals surface area (Å²) in [7, 11) is 0. The molecular formula is C28H24N2O4. The third-order valence-corrected chi connectivity index (χ3v) is 5.19. The van der Waals surface area contributed by atoms with E-state index in [-0.39, 0.29) is 38.0 Å². The zero-order chi connectivity index (χ0) is 24.2. The molecule has 0 aliphatic carbocycles. The van der Waals surface area contributed by atoms with Crippen LogP contribution >= 0.6 is 0 Å². The summed E-state index contributed by atoms with van der Waals surface area (Å²) in [5, 5.41) is 17.7. The number of carbonyl (C=O) groups excluding carboxylic acids is 2. The number of esters is 2. The molecule has 3 rings (SSSR count). The molecule has 3 aromatic carbocycles. The summed E-state index contributed by atoms with van der Waals surface area (Å²) in [5.41, 5.74) is 4.75. The van der Waals surface area contributed by atoms with Gasteiger partial charge in [-0.3, -0.25) is 9.59 Å². The van der Waals surface area contributed by atoms with Gasteiger partial charge in [0.15, 0.2) is 0 Å². The van der Waals surface area contributed by atoms with Crippen LogP contribution in [-0.4, -0.2) is 11.9 Å². The fraction of sp³-hybridized carbons (Fsp3) is 0.214. The highest BCUT2D eigenvalue weighted by Gasteiger charge is 2.08. The molecule has 0 saturated carbocycles. The van der Waals surface area contributed by atoms with Crippen LogP contribution in [0.5, 0.6) is 0 Å². The molecule has 0 saturated heterocycles. The first-order valence-electron chi connectivity index (χ1n) is 10.9. The van der Waals surface area contributed by atoms with Crippen LogP contribution in [0.15, 0.2) is 72.8 Å². The van der Waals surface area contributed by atoms with E-state index in [0.29, 0.717) is 24.0 Å². The van der Waals surface area contributed by atoms with Crippen molar-refractivity contribution in [3.63, 3.8) is 0 Å². The maximum absolute atomic E-state index is 12.1. The molecule has 6 nitrogen and oxygen atoms in total. The lowest BCUT2D eigenvalue weighted by Crippen LogP contribution is -2.07. The third kappa shape index (κ3) is 7.93. The van der Waals surface area contributed by atoms with E-state index >= 15 is 0 Å². The molecule has 6 heteroatoms. The molecule has 0 fully saturated rings. The second kappa shape index (κ2) is 12.6. The summed E-state index contributed by atoms with van der Waals surface area (Å²) in [5.74, 6) is -0.604. The smallest absolute Gasteiger partial charge is 0.306 e. The van der Waals surface area contributed by atoms with Gasteiger partial charge in [-0.1, -0.05) is 42.5 Å². The van der Waals surface area contributed by atoms with Crippen LogP contribution in [0.4, 0.5) is 0 Å². The van der Waals surface area contributed by atoms with Crippen LogP contribution in [0.2, 0.25) is 0 Å². The number of nitriles is 2. The van der Waals surface area contributed by atoms with Gasteiger partial charge in [0.25, 0.3) is 0 Å². The molecule has 0 aliphatic heterocycles. The fourth-order valence-electron chi connectivity index (χ4n) is 3.27. The van der Waals surface area contributed by atoms with Gasteiger partial charge in [-0.05, 0) is 65.4 Å². The van der Waals surface area contributed by atoms with Crippen LogP contribution in [0.1, 0.15) is 46.2 Å². The Labute approximate surface area is 199 Å². The summed E-state index contributed by atoms with van der Waals surface area (Å²) in [6.07, 6.45) is 1.59. The molecular weight excluding hydrogens is 428 g/mol. The molecule has 0 bridgehead atoms. The van der Waals surface area contributed by atoms with E-state index < -0.39 is 0 Å². The highest BCUT2D eigenvalue weighted by Crippen LogP contribution is 2.12. The van der Waals surface area contributed by atoms with Gasteiger partial charge in [-0.15, -0.1) is 0 Å². The van der Waals surface area contributed by atoms with Crippen LogP contribution < -0.4 is 0 Å². The first kappa shape index (κ1) is 24.2. The Morgan fingerprint density at radius 3 is 1.41 bits per heavy atom. The Morgan fingerprint density at radius 1 is 0.618 bits per heavy atom. The molecule has 0 unspecified atom stereocenters. The van der Waals surface area contributed by atoms with E-state index in [1.54, 1.807) is 24.3 Å². The molecule has 0 heterocycles. The summed E-state index contributed by atoms with van der Waals surface area (Å²) in [4.78, 5) is 24.2. The Hall–Kier alpha value is -4.42. The number of benzene rings is 3. The monoisotopic (exact) mass is 452 g/mol. The third-order valence-electron chi connectivity index (χ3n) is 5.19. The Bertz CT molecular complexity index is 1110. The maximum Gasteiger partial charge on any atom is 0.306 e. The highest BCUT2D eigenvalue weighted by molar-refractivity contribution is 5.70. The van der Waals surface area contributed by atoms with Crippen molar-refractivity contribution in [2.24, 2.45) is 0 Å². The van der Waals surface area contributed by atoms with Gasteiger partial charge in [0, 0.05) is 12.8 Å². The summed E-state index contributed by atoms with van der Waals surface area (Å²) in [6, 6.07) is 25.8. The molecule has 3 aromatic rings. The van der Waals surface area contributed by atoms with Gasteiger partial charge < -0.3 is 9.47 Å². The number of ether oxygens (including phenoxy) is 2. The Kier molecular flexibility index (Phi) is 8.96. The highest BCUT2D eigenvalue weighted by atomic mass is 16.5. The van der Waals surface area contributed by atoms with Crippen molar-refractivity contribution in [1.82, 2.24) is 0 Å². The predicted octanol–water partition coefficient (Wildman–Crippen LogP) is 4.78. The standard InChI is InChI=1S/C28H24N2O4/c29-17-23-8-4-21(5-9-23)12-14-27(31)33-19-25-2-1-3-26(16-25)20-34-28(32)15-13-22-6-10-24(18-30)11-7-22/h1-11,16H,12-15,19-20H2. The molecule has 170 valence electrons. The fourth-order valence-corrected chi connectivity index (χ4v) is 3.27. The molecule has 0 atom stereocenters. The van der Waals surface area contributed by atoms with Crippen LogP contribution in [0.3, 0.4) is 0 Å². The SMILES string of the molecule is N#Cc1ccc(CCC(=O)OCc2cccc(COC(=O)CCc3ccc(C#N)cc3)c2)cc1. The average Bonchev–Trinajstić information content (AvgIpc) is 2.89. The summed E-state index contributed by atoms with van der Waals surface area (Å²) >= 11 is 0. The first-order valence-corrected chi connectivity index (χ1v) is 10.9. The first-order chi connectivity index (χ1) is 16.6. The van der Waals surface area contributed by atoms with E-state index in [0.717, 1.165) is 22.3 Å². The lowest BCUT2D eigenvalue weighted by atomic mass is 10.1. The number of aryl methyl sites for hydroxylation is 2. The van der Waals surface area contributed by atoms with Gasteiger partial charge >= 0.3 is 11.9 Å². The molecule has 34 heavy (non-hydrogen) atoms. The van der Waals surface area contributed by atoms with E-state index in [1.165, 1.54) is 0 Å². The zero-order valence-electron chi connectivity index (χ0n) is 18.7. The lowest BCUT2D eigenvalue weighted by molar-refractivity contribution is -0.145. The van der Waals surface area contributed by atoms with Crippen LogP contribution in [-0.2, 0) is 45.1 Å². The second-order valence-corrected chi connectivity index (χ2v) is 7.76. The van der Waals surface area contributed by atoms with Crippen molar-refractivity contribution in [1.29, 1.82) is 10.5 Å². The van der Waals surface area contributed by atoms with Crippen molar-refractivity contribution >= 4 is 11.9 Å². The number of hydrogen-bond acceptors (Lipinski definition) is 6. The average molecular weight is 453 g/mol. The Morgan fingerprint density at radius 2 is 1.03 bits per heavy atom. The van der Waals surface area contributed by atoms with E-state index in [9.17, 15) is 9.59 Å². The number of rotatable bonds is 10. The molecule has 0 aromatic heterocycles. The summed E-state index contributed by atoms with van der Waals surface area (Å²) in [6.45, 7) is 0.291. The van der Waals surface area contributed by atoms with Crippen molar-refractivity contribution in [3.05, 3.63) is 106 Å². The van der Waals surface area contributed by atoms with E-state index in [4.69, 9.17) is 20.0 Å². The molecule has 0 radical (unpaired) electrons. The predicted molar refractivity (Wildman–Crippen MR) is 125 cm³/mol. The lowest BCUT2D eigenvalue weighted by Gasteiger charge is -2.08. The van der Waals surface area contributed by atoms with Crippen molar-refractivity contribution in [3.8, 4) is 12.1 Å². The normalized spacial score (nSPS) is 10.1. The number of carbonyl (C=O) groups is 2. The van der Waals surface area contributed by atoms with Crippen LogP contribution in [0.25, 0.3) is 0 Å². The minimum Gasteiger partial charge on any atom is -0.461 e. The largest absolute Gasteiger partial charge is 0.461 e. The van der Waals surface area contributed by atoms with Gasteiger partial charge in [0.1, 0.15) is 13.2 Å². The second-order valence-electron chi connectivity index (χ2n) is 7.76. The topological polar surface area (TPSA) is 100 Å². The quantitative estimate of drug-likeness (QED) is 0.410. The Balaban J connectivity index is 1.38. The number of nitrogens with zero attached hydrogens (tertiary/aromatic N) is 2. The van der Waals surface area contributed by atoms with Crippen molar-refractivity contribution in [2.45, 2.75) is 38.9 Å². The minimum atomic E-state index is -0.302. The maximum atomic E-state index is 12.1.